The van der Waals surface area contributed by atoms with Crippen LogP contribution in [0.5, 0.6) is 0 Å². The van der Waals surface area contributed by atoms with E-state index < -0.39 is 0 Å². The largest absolute Gasteiger partial charge is 0.370 e. The summed E-state index contributed by atoms with van der Waals surface area (Å²) < 4.78 is 0. The zero-order chi connectivity index (χ0) is 12.1. The molecule has 2 aromatic carbocycles. The highest BCUT2D eigenvalue weighted by Crippen LogP contribution is 2.15. The Labute approximate surface area is 103 Å². The van der Waals surface area contributed by atoms with Crippen molar-refractivity contribution in [3.63, 3.8) is 0 Å². The molecule has 2 aromatic rings. The lowest BCUT2D eigenvalue weighted by molar-refractivity contribution is 0.923. The molecular weight excluding hydrogens is 206 g/mol. The summed E-state index contributed by atoms with van der Waals surface area (Å²) in [7, 11) is 2.11. The maximum Gasteiger partial charge on any atom is 0.0426 e. The van der Waals surface area contributed by atoms with Crippen LogP contribution in [-0.2, 0) is 6.54 Å². The van der Waals surface area contributed by atoms with Gasteiger partial charge in [0.05, 0.1) is 0 Å². The second-order valence-electron chi connectivity index (χ2n) is 4.14. The van der Waals surface area contributed by atoms with Gasteiger partial charge in [-0.15, -0.1) is 0 Å². The zero-order valence-corrected chi connectivity index (χ0v) is 10.1. The molecule has 0 amide bonds. The van der Waals surface area contributed by atoms with E-state index in [2.05, 4.69) is 67.1 Å². The Morgan fingerprint density at radius 1 is 1.00 bits per heavy atom. The molecule has 0 aromatic heterocycles. The lowest BCUT2D eigenvalue weighted by Crippen LogP contribution is -2.15. The van der Waals surface area contributed by atoms with Crippen molar-refractivity contribution in [2.45, 2.75) is 6.54 Å². The first kappa shape index (κ1) is 11.5. The van der Waals surface area contributed by atoms with E-state index in [0.29, 0.717) is 0 Å². The Bertz CT molecular complexity index is 471. The molecule has 0 unspecified atom stereocenters. The third-order valence-corrected chi connectivity index (χ3v) is 2.83. The van der Waals surface area contributed by atoms with Crippen molar-refractivity contribution in [2.75, 3.05) is 11.9 Å². The Morgan fingerprint density at radius 3 is 2.24 bits per heavy atom. The van der Waals surface area contributed by atoms with Crippen molar-refractivity contribution in [2.24, 2.45) is 0 Å². The molecule has 0 fully saturated rings. The summed E-state index contributed by atoms with van der Waals surface area (Å²) in [5, 5.41) is 0. The van der Waals surface area contributed by atoms with Crippen LogP contribution in [0.2, 0.25) is 0 Å². The summed E-state index contributed by atoms with van der Waals surface area (Å²) in [5.41, 5.74) is 3.71. The van der Waals surface area contributed by atoms with Crippen molar-refractivity contribution in [1.29, 1.82) is 0 Å². The summed E-state index contributed by atoms with van der Waals surface area (Å²) >= 11 is 0. The predicted octanol–water partition coefficient (Wildman–Crippen LogP) is 3.97. The van der Waals surface area contributed by atoms with Gasteiger partial charge in [-0.25, -0.2) is 0 Å². The first-order chi connectivity index (χ1) is 8.29. The summed E-state index contributed by atoms with van der Waals surface area (Å²) in [6, 6.07) is 18.9. The van der Waals surface area contributed by atoms with E-state index >= 15 is 0 Å². The fraction of sp³-hybridized carbons (Fsp3) is 0.125. The van der Waals surface area contributed by atoms with E-state index in [0.717, 1.165) is 12.1 Å². The average molecular weight is 223 g/mol. The lowest BCUT2D eigenvalue weighted by atomic mass is 10.1. The van der Waals surface area contributed by atoms with E-state index in [1.165, 1.54) is 11.3 Å². The van der Waals surface area contributed by atoms with E-state index in [4.69, 9.17) is 0 Å². The maximum atomic E-state index is 3.76. The van der Waals surface area contributed by atoms with Crippen LogP contribution in [0.15, 0.2) is 61.2 Å². The molecule has 0 saturated carbocycles. The minimum Gasteiger partial charge on any atom is -0.370 e. The molecule has 0 N–H and O–H groups in total. The first-order valence-electron chi connectivity index (χ1n) is 5.77. The number of para-hydroxylation sites is 1. The van der Waals surface area contributed by atoms with Gasteiger partial charge in [-0.05, 0) is 23.3 Å². The maximum absolute atomic E-state index is 3.76. The van der Waals surface area contributed by atoms with Gasteiger partial charge in [-0.3, -0.25) is 0 Å². The third-order valence-electron chi connectivity index (χ3n) is 2.83. The summed E-state index contributed by atoms with van der Waals surface area (Å²) in [6.07, 6.45) is 1.87. The van der Waals surface area contributed by atoms with E-state index in [9.17, 15) is 0 Å². The smallest absolute Gasteiger partial charge is 0.0426 e. The summed E-state index contributed by atoms with van der Waals surface area (Å²) in [4.78, 5) is 2.24. The average Bonchev–Trinajstić information content (AvgIpc) is 2.40. The van der Waals surface area contributed by atoms with Gasteiger partial charge in [-0.2, -0.15) is 0 Å². The van der Waals surface area contributed by atoms with E-state index in [1.54, 1.807) is 0 Å². The standard InChI is InChI=1S/C16H17N/c1-3-14-9-11-15(12-10-14)13-17(2)16-7-5-4-6-8-16/h3-12H,1,13H2,2H3. The van der Waals surface area contributed by atoms with Crippen molar-refractivity contribution in [3.8, 4) is 0 Å². The van der Waals surface area contributed by atoms with Gasteiger partial charge >= 0.3 is 0 Å². The monoisotopic (exact) mass is 223 g/mol. The Morgan fingerprint density at radius 2 is 1.65 bits per heavy atom. The van der Waals surface area contributed by atoms with Gasteiger partial charge in [0.2, 0.25) is 0 Å². The Balaban J connectivity index is 2.07. The van der Waals surface area contributed by atoms with Gasteiger partial charge in [-0.1, -0.05) is 55.1 Å². The topological polar surface area (TPSA) is 3.24 Å². The molecule has 0 bridgehead atoms. The number of nitrogens with zero attached hydrogens (tertiary/aromatic N) is 1. The van der Waals surface area contributed by atoms with Gasteiger partial charge in [0, 0.05) is 19.3 Å². The second-order valence-corrected chi connectivity index (χ2v) is 4.14. The third kappa shape index (κ3) is 2.97. The van der Waals surface area contributed by atoms with E-state index in [1.807, 2.05) is 12.1 Å². The SMILES string of the molecule is C=Cc1ccc(CN(C)c2ccccc2)cc1. The van der Waals surface area contributed by atoms with Crippen LogP contribution in [-0.4, -0.2) is 7.05 Å². The highest BCUT2D eigenvalue weighted by Gasteiger charge is 2.00. The van der Waals surface area contributed by atoms with Crippen LogP contribution in [0.4, 0.5) is 5.69 Å². The number of hydrogen-bond acceptors (Lipinski definition) is 1. The van der Waals surface area contributed by atoms with Crippen LogP contribution in [0.25, 0.3) is 6.08 Å². The molecule has 1 nitrogen and oxygen atoms in total. The van der Waals surface area contributed by atoms with Crippen molar-refractivity contribution < 1.29 is 0 Å². The van der Waals surface area contributed by atoms with Gasteiger partial charge < -0.3 is 4.90 Å². The molecule has 0 aliphatic heterocycles. The highest BCUT2D eigenvalue weighted by molar-refractivity contribution is 5.49. The van der Waals surface area contributed by atoms with Crippen molar-refractivity contribution in [1.82, 2.24) is 0 Å². The Kier molecular flexibility index (Phi) is 3.61. The first-order valence-corrected chi connectivity index (χ1v) is 5.77. The van der Waals surface area contributed by atoms with Gasteiger partial charge in [0.15, 0.2) is 0 Å². The molecule has 0 spiro atoms. The van der Waals surface area contributed by atoms with Crippen LogP contribution in [0.3, 0.4) is 0 Å². The van der Waals surface area contributed by atoms with Gasteiger partial charge in [0.1, 0.15) is 0 Å². The number of benzene rings is 2. The molecule has 0 heterocycles. The number of hydrogen-bond donors (Lipinski definition) is 0. The summed E-state index contributed by atoms with van der Waals surface area (Å²) in [6.45, 7) is 4.68. The van der Waals surface area contributed by atoms with Crippen LogP contribution >= 0.6 is 0 Å². The molecule has 1 heteroatoms. The molecule has 0 saturated heterocycles. The molecule has 17 heavy (non-hydrogen) atoms. The zero-order valence-electron chi connectivity index (χ0n) is 10.1. The predicted molar refractivity (Wildman–Crippen MR) is 75.1 cm³/mol. The molecule has 0 aliphatic rings. The number of rotatable bonds is 4. The lowest BCUT2D eigenvalue weighted by Gasteiger charge is -2.19. The van der Waals surface area contributed by atoms with E-state index in [-0.39, 0.29) is 0 Å². The highest BCUT2D eigenvalue weighted by atomic mass is 15.1. The molecule has 0 radical (unpaired) electrons. The van der Waals surface area contributed by atoms with Crippen molar-refractivity contribution >= 4 is 11.8 Å². The molecule has 2 rings (SSSR count). The fourth-order valence-electron chi connectivity index (χ4n) is 1.81. The fourth-order valence-corrected chi connectivity index (χ4v) is 1.81. The molecule has 0 atom stereocenters. The van der Waals surface area contributed by atoms with Crippen LogP contribution in [0.1, 0.15) is 11.1 Å². The molecular formula is C16H17N. The Hall–Kier alpha value is -2.02. The molecule has 0 aliphatic carbocycles. The minimum absolute atomic E-state index is 0.918. The quantitative estimate of drug-likeness (QED) is 0.758. The minimum atomic E-state index is 0.918. The second kappa shape index (κ2) is 5.35. The normalized spacial score (nSPS) is 9.94. The van der Waals surface area contributed by atoms with Crippen LogP contribution in [0, 0.1) is 0 Å². The molecule has 86 valence electrons. The van der Waals surface area contributed by atoms with Crippen molar-refractivity contribution in [3.05, 3.63) is 72.3 Å². The van der Waals surface area contributed by atoms with Gasteiger partial charge in [0.25, 0.3) is 0 Å². The number of anilines is 1. The summed E-state index contributed by atoms with van der Waals surface area (Å²) in [5.74, 6) is 0. The van der Waals surface area contributed by atoms with Crippen LogP contribution < -0.4 is 4.90 Å².